The lowest BCUT2D eigenvalue weighted by Gasteiger charge is -2.16. The first-order valence-corrected chi connectivity index (χ1v) is 6.56. The highest BCUT2D eigenvalue weighted by Crippen LogP contribution is 2.18. The minimum atomic E-state index is 0.443. The van der Waals surface area contributed by atoms with Crippen molar-refractivity contribution >= 4 is 17.2 Å². The van der Waals surface area contributed by atoms with Gasteiger partial charge in [-0.1, -0.05) is 13.0 Å². The van der Waals surface area contributed by atoms with Crippen LogP contribution >= 0.6 is 11.3 Å². The van der Waals surface area contributed by atoms with E-state index in [9.17, 15) is 0 Å². The van der Waals surface area contributed by atoms with Crippen molar-refractivity contribution in [1.29, 1.82) is 5.26 Å². The Bertz CT molecular complexity index is 570. The van der Waals surface area contributed by atoms with Crippen LogP contribution in [0.1, 0.15) is 22.5 Å². The molecule has 2 rings (SSSR count). The van der Waals surface area contributed by atoms with E-state index >= 15 is 0 Å². The molecule has 2 aromatic heterocycles. The predicted octanol–water partition coefficient (Wildman–Crippen LogP) is 2.61. The quantitative estimate of drug-likeness (QED) is 0.846. The maximum absolute atomic E-state index is 8.83. The fourth-order valence-electron chi connectivity index (χ4n) is 1.60. The van der Waals surface area contributed by atoms with Crippen LogP contribution in [0.2, 0.25) is 0 Å². The van der Waals surface area contributed by atoms with Crippen LogP contribution in [0.25, 0.3) is 0 Å². The highest BCUT2D eigenvalue weighted by atomic mass is 32.1. The summed E-state index contributed by atoms with van der Waals surface area (Å²) in [5.74, 6) is 0.806. The van der Waals surface area contributed by atoms with Crippen LogP contribution in [0.3, 0.4) is 0 Å². The van der Waals surface area contributed by atoms with Crippen molar-refractivity contribution in [1.82, 2.24) is 9.97 Å². The van der Waals surface area contributed by atoms with E-state index in [4.69, 9.17) is 5.26 Å². The Morgan fingerprint density at radius 3 is 2.94 bits per heavy atom. The van der Waals surface area contributed by atoms with Crippen LogP contribution in [0, 0.1) is 11.3 Å². The summed E-state index contributed by atoms with van der Waals surface area (Å²) in [6.07, 6.45) is 2.88. The van der Waals surface area contributed by atoms with Crippen molar-refractivity contribution in [3.05, 3.63) is 40.0 Å². The van der Waals surface area contributed by atoms with E-state index in [1.807, 2.05) is 30.3 Å². The van der Waals surface area contributed by atoms with E-state index in [1.165, 1.54) is 4.88 Å². The van der Waals surface area contributed by atoms with Gasteiger partial charge in [0.2, 0.25) is 0 Å². The molecule has 2 heterocycles. The molecule has 0 bridgehead atoms. The number of thiazole rings is 1. The van der Waals surface area contributed by atoms with E-state index in [1.54, 1.807) is 17.4 Å². The second-order valence-electron chi connectivity index (χ2n) is 3.92. The van der Waals surface area contributed by atoms with E-state index in [-0.39, 0.29) is 0 Å². The summed E-state index contributed by atoms with van der Waals surface area (Å²) < 4.78 is 0. The van der Waals surface area contributed by atoms with Gasteiger partial charge in [0.15, 0.2) is 0 Å². The number of nitrogens with zero attached hydrogens (tertiary/aromatic N) is 4. The molecule has 0 aromatic carbocycles. The number of aromatic nitrogens is 2. The molecule has 0 aliphatic heterocycles. The zero-order valence-corrected chi connectivity index (χ0v) is 11.2. The van der Waals surface area contributed by atoms with Gasteiger partial charge < -0.3 is 4.90 Å². The van der Waals surface area contributed by atoms with Crippen molar-refractivity contribution in [2.24, 2.45) is 0 Å². The van der Waals surface area contributed by atoms with E-state index in [0.29, 0.717) is 5.69 Å². The lowest BCUT2D eigenvalue weighted by Crippen LogP contribution is -2.17. The number of rotatable bonds is 4. The molecule has 2 aromatic rings. The largest absolute Gasteiger partial charge is 0.354 e. The fourth-order valence-corrected chi connectivity index (χ4v) is 2.51. The minimum absolute atomic E-state index is 0.443. The number of aryl methyl sites for hydroxylation is 1. The second-order valence-corrected chi connectivity index (χ2v) is 5.12. The smallest absolute Gasteiger partial charge is 0.142 e. The van der Waals surface area contributed by atoms with Crippen molar-refractivity contribution < 1.29 is 0 Å². The third kappa shape index (κ3) is 2.84. The Balaban J connectivity index is 2.11. The van der Waals surface area contributed by atoms with Crippen LogP contribution in [-0.4, -0.2) is 17.0 Å². The number of anilines is 1. The van der Waals surface area contributed by atoms with Crippen LogP contribution in [-0.2, 0) is 13.0 Å². The first kappa shape index (κ1) is 12.5. The predicted molar refractivity (Wildman–Crippen MR) is 72.6 cm³/mol. The molecule has 0 aliphatic rings. The van der Waals surface area contributed by atoms with Gasteiger partial charge in [-0.3, -0.25) is 0 Å². The van der Waals surface area contributed by atoms with Gasteiger partial charge in [0.1, 0.15) is 17.6 Å². The summed E-state index contributed by atoms with van der Waals surface area (Å²) in [5, 5.41) is 9.98. The van der Waals surface area contributed by atoms with Gasteiger partial charge in [-0.25, -0.2) is 9.97 Å². The average molecular weight is 258 g/mol. The molecule has 0 atom stereocenters. The Labute approximate surface area is 111 Å². The molecule has 0 saturated carbocycles. The number of hydrogen-bond donors (Lipinski definition) is 0. The third-order valence-electron chi connectivity index (χ3n) is 2.54. The zero-order chi connectivity index (χ0) is 13.0. The van der Waals surface area contributed by atoms with Gasteiger partial charge >= 0.3 is 0 Å². The molecular formula is C13H14N4S. The molecule has 0 unspecified atom stereocenters. The molecule has 0 spiro atoms. The van der Waals surface area contributed by atoms with E-state index < -0.39 is 0 Å². The molecule has 92 valence electrons. The molecule has 5 heteroatoms. The van der Waals surface area contributed by atoms with Gasteiger partial charge in [0.05, 0.1) is 11.6 Å². The highest BCUT2D eigenvalue weighted by molar-refractivity contribution is 7.11. The van der Waals surface area contributed by atoms with Crippen LogP contribution in [0.5, 0.6) is 0 Å². The SMILES string of the molecule is CCc1ncc(CN(C)c2cccc(C#N)n2)s1. The summed E-state index contributed by atoms with van der Waals surface area (Å²) in [6, 6.07) is 7.51. The summed E-state index contributed by atoms with van der Waals surface area (Å²) in [5.41, 5.74) is 0.443. The lowest BCUT2D eigenvalue weighted by molar-refractivity contribution is 0.907. The fraction of sp³-hybridized carbons (Fsp3) is 0.308. The molecule has 0 N–H and O–H groups in total. The number of hydrogen-bond acceptors (Lipinski definition) is 5. The Morgan fingerprint density at radius 1 is 1.44 bits per heavy atom. The van der Waals surface area contributed by atoms with Crippen molar-refractivity contribution in [2.75, 3.05) is 11.9 Å². The first-order valence-electron chi connectivity index (χ1n) is 5.74. The molecule has 4 nitrogen and oxygen atoms in total. The van der Waals surface area contributed by atoms with Gasteiger partial charge in [-0.2, -0.15) is 5.26 Å². The van der Waals surface area contributed by atoms with Gasteiger partial charge in [-0.05, 0) is 18.6 Å². The standard InChI is InChI=1S/C13H14N4S/c1-3-13-15-8-11(18-13)9-17(2)12-6-4-5-10(7-14)16-12/h4-6,8H,3,9H2,1-2H3. The molecule has 0 aliphatic carbocycles. The first-order chi connectivity index (χ1) is 8.72. The van der Waals surface area contributed by atoms with E-state index in [2.05, 4.69) is 23.0 Å². The molecule has 0 fully saturated rings. The highest BCUT2D eigenvalue weighted by Gasteiger charge is 2.07. The Morgan fingerprint density at radius 2 is 2.28 bits per heavy atom. The van der Waals surface area contributed by atoms with E-state index in [0.717, 1.165) is 23.8 Å². The molecule has 0 saturated heterocycles. The Kier molecular flexibility index (Phi) is 3.90. The lowest BCUT2D eigenvalue weighted by atomic mass is 10.3. The van der Waals surface area contributed by atoms with Gasteiger partial charge in [0, 0.05) is 18.1 Å². The maximum atomic E-state index is 8.83. The molecule has 0 amide bonds. The topological polar surface area (TPSA) is 52.8 Å². The maximum Gasteiger partial charge on any atom is 0.142 e. The van der Waals surface area contributed by atoms with Crippen molar-refractivity contribution in [2.45, 2.75) is 19.9 Å². The minimum Gasteiger partial charge on any atom is -0.354 e. The van der Waals surface area contributed by atoms with Crippen molar-refractivity contribution in [3.63, 3.8) is 0 Å². The molecule has 0 radical (unpaired) electrons. The van der Waals surface area contributed by atoms with Gasteiger partial charge in [0.25, 0.3) is 0 Å². The van der Waals surface area contributed by atoms with Gasteiger partial charge in [-0.15, -0.1) is 11.3 Å². The number of nitriles is 1. The van der Waals surface area contributed by atoms with Crippen molar-refractivity contribution in [3.8, 4) is 6.07 Å². The van der Waals surface area contributed by atoms with Crippen LogP contribution < -0.4 is 4.90 Å². The summed E-state index contributed by atoms with van der Waals surface area (Å²) in [4.78, 5) is 11.8. The third-order valence-corrected chi connectivity index (χ3v) is 3.66. The summed E-state index contributed by atoms with van der Waals surface area (Å²) in [7, 11) is 1.97. The zero-order valence-electron chi connectivity index (χ0n) is 10.4. The Hall–Kier alpha value is -1.93. The molecular weight excluding hydrogens is 244 g/mol. The van der Waals surface area contributed by atoms with Crippen LogP contribution in [0.15, 0.2) is 24.4 Å². The molecule has 18 heavy (non-hydrogen) atoms. The summed E-state index contributed by atoms with van der Waals surface area (Å²) >= 11 is 1.72. The summed E-state index contributed by atoms with van der Waals surface area (Å²) in [6.45, 7) is 2.86. The monoisotopic (exact) mass is 258 g/mol. The van der Waals surface area contributed by atoms with Crippen LogP contribution in [0.4, 0.5) is 5.82 Å². The average Bonchev–Trinajstić information content (AvgIpc) is 2.86. The number of pyridine rings is 1. The second kappa shape index (κ2) is 5.61. The normalized spacial score (nSPS) is 10.1.